The molecule has 2 amide bonds. The van der Waals surface area contributed by atoms with Crippen molar-refractivity contribution in [2.45, 2.75) is 31.7 Å². The summed E-state index contributed by atoms with van der Waals surface area (Å²) in [6.07, 6.45) is 3.34. The number of likely N-dealkylation sites (tertiary alicyclic amines) is 2. The van der Waals surface area contributed by atoms with Gasteiger partial charge in [-0.1, -0.05) is 12.1 Å². The molecule has 2 fully saturated rings. The van der Waals surface area contributed by atoms with Crippen LogP contribution in [0.25, 0.3) is 0 Å². The normalized spacial score (nSPS) is 22.7. The second-order valence-corrected chi connectivity index (χ2v) is 6.74. The van der Waals surface area contributed by atoms with Crippen LogP contribution in [0.5, 0.6) is 0 Å². The first kappa shape index (κ1) is 16.9. The first-order valence-corrected chi connectivity index (χ1v) is 8.61. The average molecular weight is 333 g/mol. The first-order chi connectivity index (χ1) is 11.5. The van der Waals surface area contributed by atoms with Gasteiger partial charge in [0.1, 0.15) is 5.82 Å². The van der Waals surface area contributed by atoms with Crippen LogP contribution >= 0.6 is 0 Å². The molecule has 1 aromatic carbocycles. The molecule has 0 spiro atoms. The van der Waals surface area contributed by atoms with Crippen LogP contribution in [0.15, 0.2) is 24.3 Å². The summed E-state index contributed by atoms with van der Waals surface area (Å²) in [5.74, 6) is -0.505. The Labute approximate surface area is 141 Å². The lowest BCUT2D eigenvalue weighted by atomic mass is 9.96. The van der Waals surface area contributed by atoms with Gasteiger partial charge in [0.2, 0.25) is 11.8 Å². The van der Waals surface area contributed by atoms with Crippen LogP contribution in [0.2, 0.25) is 0 Å². The summed E-state index contributed by atoms with van der Waals surface area (Å²) in [5, 5.41) is 0. The van der Waals surface area contributed by atoms with Crippen molar-refractivity contribution in [1.29, 1.82) is 0 Å². The third-order valence-corrected chi connectivity index (χ3v) is 5.21. The van der Waals surface area contributed by atoms with Crippen molar-refractivity contribution in [2.24, 2.45) is 11.7 Å². The van der Waals surface area contributed by atoms with Crippen LogP contribution in [0, 0.1) is 11.7 Å². The fourth-order valence-corrected chi connectivity index (χ4v) is 3.76. The number of carbonyl (C=O) groups excluding carboxylic acids is 2. The van der Waals surface area contributed by atoms with Crippen molar-refractivity contribution < 1.29 is 14.0 Å². The minimum Gasteiger partial charge on any atom is -0.369 e. The van der Waals surface area contributed by atoms with E-state index >= 15 is 0 Å². The molecule has 24 heavy (non-hydrogen) atoms. The highest BCUT2D eigenvalue weighted by Crippen LogP contribution is 2.32. The monoisotopic (exact) mass is 333 g/mol. The van der Waals surface area contributed by atoms with E-state index in [1.165, 1.54) is 12.1 Å². The number of nitrogens with two attached hydrogens (primary N) is 1. The zero-order valence-corrected chi connectivity index (χ0v) is 13.8. The second kappa shape index (κ2) is 7.30. The van der Waals surface area contributed by atoms with Gasteiger partial charge in [0.25, 0.3) is 0 Å². The summed E-state index contributed by atoms with van der Waals surface area (Å²) in [7, 11) is 0. The number of nitrogens with zero attached hydrogens (tertiary/aromatic N) is 2. The van der Waals surface area contributed by atoms with Crippen LogP contribution < -0.4 is 5.73 Å². The molecule has 5 nitrogen and oxygen atoms in total. The van der Waals surface area contributed by atoms with Gasteiger partial charge in [-0.2, -0.15) is 0 Å². The summed E-state index contributed by atoms with van der Waals surface area (Å²) in [5.41, 5.74) is 6.40. The van der Waals surface area contributed by atoms with E-state index in [0.717, 1.165) is 24.9 Å². The molecule has 2 aliphatic rings. The molecule has 0 radical (unpaired) electrons. The third-order valence-electron chi connectivity index (χ3n) is 5.21. The van der Waals surface area contributed by atoms with E-state index in [2.05, 4.69) is 4.90 Å². The molecule has 3 rings (SSSR count). The molecule has 2 saturated heterocycles. The van der Waals surface area contributed by atoms with Crippen molar-refractivity contribution in [3.8, 4) is 0 Å². The molecule has 1 atom stereocenters. The van der Waals surface area contributed by atoms with Gasteiger partial charge in [-0.15, -0.1) is 0 Å². The van der Waals surface area contributed by atoms with E-state index in [-0.39, 0.29) is 29.6 Å². The van der Waals surface area contributed by atoms with E-state index < -0.39 is 0 Å². The van der Waals surface area contributed by atoms with Gasteiger partial charge in [-0.3, -0.25) is 14.5 Å². The predicted molar refractivity (Wildman–Crippen MR) is 88.4 cm³/mol. The van der Waals surface area contributed by atoms with E-state index in [1.807, 2.05) is 4.90 Å². The molecule has 0 unspecified atom stereocenters. The Morgan fingerprint density at radius 1 is 1.08 bits per heavy atom. The molecule has 0 bridgehead atoms. The summed E-state index contributed by atoms with van der Waals surface area (Å²) in [6, 6.07) is 6.74. The number of hydrogen-bond donors (Lipinski definition) is 1. The van der Waals surface area contributed by atoms with E-state index in [0.29, 0.717) is 32.5 Å². The Morgan fingerprint density at radius 3 is 2.38 bits per heavy atom. The second-order valence-electron chi connectivity index (χ2n) is 6.74. The smallest absolute Gasteiger partial charge is 0.236 e. The van der Waals surface area contributed by atoms with Gasteiger partial charge in [0.15, 0.2) is 0 Å². The molecule has 0 aromatic heterocycles. The number of primary amides is 1. The van der Waals surface area contributed by atoms with Gasteiger partial charge in [0, 0.05) is 25.0 Å². The number of benzene rings is 1. The van der Waals surface area contributed by atoms with E-state index in [4.69, 9.17) is 5.73 Å². The van der Waals surface area contributed by atoms with E-state index in [1.54, 1.807) is 12.1 Å². The number of hydrogen-bond acceptors (Lipinski definition) is 3. The Bertz CT molecular complexity index is 597. The van der Waals surface area contributed by atoms with Gasteiger partial charge >= 0.3 is 0 Å². The lowest BCUT2D eigenvalue weighted by Gasteiger charge is -2.33. The molecule has 0 saturated carbocycles. The Kier molecular flexibility index (Phi) is 5.14. The summed E-state index contributed by atoms with van der Waals surface area (Å²) < 4.78 is 13.1. The topological polar surface area (TPSA) is 66.6 Å². The molecule has 1 aromatic rings. The lowest BCUT2D eigenvalue weighted by molar-refractivity contribution is -0.136. The minimum atomic E-state index is -0.266. The fourth-order valence-electron chi connectivity index (χ4n) is 3.76. The molecule has 130 valence electrons. The first-order valence-electron chi connectivity index (χ1n) is 8.61. The highest BCUT2D eigenvalue weighted by Gasteiger charge is 2.31. The average Bonchev–Trinajstić information content (AvgIpc) is 3.03. The quantitative estimate of drug-likeness (QED) is 0.912. The molecule has 6 heteroatoms. The summed E-state index contributed by atoms with van der Waals surface area (Å²) in [6.45, 7) is 2.46. The fraction of sp³-hybridized carbons (Fsp3) is 0.556. The van der Waals surface area contributed by atoms with Crippen LogP contribution in [-0.4, -0.2) is 47.8 Å². The van der Waals surface area contributed by atoms with Crippen LogP contribution in [0.3, 0.4) is 0 Å². The zero-order valence-electron chi connectivity index (χ0n) is 13.8. The van der Waals surface area contributed by atoms with Crippen molar-refractivity contribution in [3.63, 3.8) is 0 Å². The minimum absolute atomic E-state index is 0.104. The van der Waals surface area contributed by atoms with Crippen molar-refractivity contribution in [2.75, 3.05) is 26.2 Å². The van der Waals surface area contributed by atoms with Gasteiger partial charge in [0.05, 0.1) is 6.54 Å². The number of halogens is 1. The number of carbonyl (C=O) groups is 2. The lowest BCUT2D eigenvalue weighted by Crippen LogP contribution is -2.45. The number of amides is 2. The van der Waals surface area contributed by atoms with Crippen molar-refractivity contribution in [1.82, 2.24) is 9.80 Å². The Balaban J connectivity index is 1.57. The SMILES string of the molecule is NC(=O)C1CCN(C(=O)CN2CCC[C@@H]2c2ccc(F)cc2)CC1. The Morgan fingerprint density at radius 2 is 1.75 bits per heavy atom. The zero-order chi connectivity index (χ0) is 17.1. The summed E-state index contributed by atoms with van der Waals surface area (Å²) >= 11 is 0. The molecule has 2 aliphatic heterocycles. The maximum atomic E-state index is 13.1. The Hall–Kier alpha value is -1.95. The van der Waals surface area contributed by atoms with Crippen molar-refractivity contribution in [3.05, 3.63) is 35.6 Å². The standard InChI is InChI=1S/C18H24FN3O2/c19-15-5-3-13(4-6-15)16-2-1-9-22(16)12-17(23)21-10-7-14(8-11-21)18(20)24/h3-6,14,16H,1-2,7-12H2,(H2,20,24)/t16-/m1/s1. The maximum absolute atomic E-state index is 13.1. The van der Waals surface area contributed by atoms with Crippen LogP contribution in [0.1, 0.15) is 37.3 Å². The number of rotatable bonds is 4. The third kappa shape index (κ3) is 3.75. The largest absolute Gasteiger partial charge is 0.369 e. The molecule has 2 heterocycles. The number of piperidine rings is 1. The molecule has 2 N–H and O–H groups in total. The highest BCUT2D eigenvalue weighted by atomic mass is 19.1. The van der Waals surface area contributed by atoms with Crippen molar-refractivity contribution >= 4 is 11.8 Å². The van der Waals surface area contributed by atoms with Crippen LogP contribution in [0.4, 0.5) is 4.39 Å². The molecular weight excluding hydrogens is 309 g/mol. The predicted octanol–water partition coefficient (Wildman–Crippen LogP) is 1.69. The van der Waals surface area contributed by atoms with Gasteiger partial charge < -0.3 is 10.6 Å². The molecule has 0 aliphatic carbocycles. The highest BCUT2D eigenvalue weighted by molar-refractivity contribution is 5.80. The molecular formula is C18H24FN3O2. The van der Waals surface area contributed by atoms with Gasteiger partial charge in [-0.25, -0.2) is 4.39 Å². The van der Waals surface area contributed by atoms with E-state index in [9.17, 15) is 14.0 Å². The maximum Gasteiger partial charge on any atom is 0.236 e. The van der Waals surface area contributed by atoms with Crippen LogP contribution in [-0.2, 0) is 9.59 Å². The van der Waals surface area contributed by atoms with Gasteiger partial charge in [-0.05, 0) is 49.9 Å². The summed E-state index contributed by atoms with van der Waals surface area (Å²) in [4.78, 5) is 27.8.